The van der Waals surface area contributed by atoms with Crippen LogP contribution in [0.15, 0.2) is 42.6 Å². The molecule has 6 nitrogen and oxygen atoms in total. The molecule has 1 atom stereocenters. The van der Waals surface area contributed by atoms with E-state index in [1.54, 1.807) is 0 Å². The van der Waals surface area contributed by atoms with Crippen molar-refractivity contribution in [3.8, 4) is 0 Å². The first-order chi connectivity index (χ1) is 12.2. The molecule has 1 unspecified atom stereocenters. The molecule has 1 aromatic carbocycles. The van der Waals surface area contributed by atoms with E-state index in [2.05, 4.69) is 34.3 Å². The van der Waals surface area contributed by atoms with E-state index in [0.717, 1.165) is 31.7 Å². The molecule has 132 valence electrons. The number of benzene rings is 1. The minimum Gasteiger partial charge on any atom is -0.356 e. The van der Waals surface area contributed by atoms with Crippen LogP contribution in [0.5, 0.6) is 0 Å². The van der Waals surface area contributed by atoms with Gasteiger partial charge in [-0.05, 0) is 18.6 Å². The highest BCUT2D eigenvalue weighted by Crippen LogP contribution is 2.32. The van der Waals surface area contributed by atoms with Crippen LogP contribution in [0.4, 0.5) is 11.8 Å². The predicted octanol–water partition coefficient (Wildman–Crippen LogP) is 2.99. The van der Waals surface area contributed by atoms with Gasteiger partial charge in [0.25, 0.3) is 0 Å². The van der Waals surface area contributed by atoms with Gasteiger partial charge in [0, 0.05) is 32.1 Å². The first-order valence-electron chi connectivity index (χ1n) is 8.92. The molecule has 0 aliphatic carbocycles. The summed E-state index contributed by atoms with van der Waals surface area (Å²) in [4.78, 5) is 11.3. The maximum atomic E-state index is 5.80. The zero-order valence-corrected chi connectivity index (χ0v) is 14.5. The van der Waals surface area contributed by atoms with Gasteiger partial charge in [-0.15, -0.1) is 0 Å². The molecule has 2 aromatic rings. The Kier molecular flexibility index (Phi) is 4.55. The number of aromatic nitrogens is 2. The maximum Gasteiger partial charge on any atom is 0.225 e. The van der Waals surface area contributed by atoms with Crippen LogP contribution in [0.2, 0.25) is 0 Å². The molecule has 0 amide bonds. The molecule has 0 saturated carbocycles. The number of ether oxygens (including phenoxy) is 2. The summed E-state index contributed by atoms with van der Waals surface area (Å²) in [6, 6.07) is 12.4. The van der Waals surface area contributed by atoms with E-state index in [4.69, 9.17) is 14.5 Å². The molecule has 25 heavy (non-hydrogen) atoms. The second-order valence-electron chi connectivity index (χ2n) is 6.61. The Hall–Kier alpha value is -2.18. The molecule has 3 heterocycles. The van der Waals surface area contributed by atoms with E-state index in [-0.39, 0.29) is 11.8 Å². The number of nitrogens with one attached hydrogen (secondary N) is 1. The molecule has 1 N–H and O–H groups in total. The Labute approximate surface area is 148 Å². The van der Waals surface area contributed by atoms with E-state index < -0.39 is 0 Å². The third-order valence-electron chi connectivity index (χ3n) is 4.95. The third kappa shape index (κ3) is 3.60. The van der Waals surface area contributed by atoms with Gasteiger partial charge < -0.3 is 19.7 Å². The summed E-state index contributed by atoms with van der Waals surface area (Å²) in [6.07, 6.45) is 3.57. The highest BCUT2D eigenvalue weighted by atomic mass is 16.7. The quantitative estimate of drug-likeness (QED) is 0.923. The lowest BCUT2D eigenvalue weighted by atomic mass is 10.0. The van der Waals surface area contributed by atoms with Crippen molar-refractivity contribution in [2.75, 3.05) is 36.5 Å². The lowest BCUT2D eigenvalue weighted by Gasteiger charge is -2.38. The number of hydrogen-bond acceptors (Lipinski definition) is 6. The van der Waals surface area contributed by atoms with E-state index in [9.17, 15) is 0 Å². The minimum atomic E-state index is -0.355. The zero-order valence-electron chi connectivity index (χ0n) is 14.5. The highest BCUT2D eigenvalue weighted by molar-refractivity contribution is 5.44. The molecule has 2 fully saturated rings. The summed E-state index contributed by atoms with van der Waals surface area (Å²) in [5.41, 5.74) is 1.21. The molecule has 0 radical (unpaired) electrons. The molecule has 2 aliphatic heterocycles. The highest BCUT2D eigenvalue weighted by Gasteiger charge is 2.40. The lowest BCUT2D eigenvalue weighted by Crippen LogP contribution is -2.45. The lowest BCUT2D eigenvalue weighted by molar-refractivity contribution is -0.169. The average molecular weight is 340 g/mol. The van der Waals surface area contributed by atoms with Crippen molar-refractivity contribution in [1.29, 1.82) is 0 Å². The van der Waals surface area contributed by atoms with Crippen molar-refractivity contribution in [1.82, 2.24) is 9.97 Å². The van der Waals surface area contributed by atoms with Crippen LogP contribution in [-0.2, 0) is 9.47 Å². The molecule has 1 aromatic heterocycles. The van der Waals surface area contributed by atoms with Gasteiger partial charge >= 0.3 is 0 Å². The van der Waals surface area contributed by atoms with Gasteiger partial charge in [-0.2, -0.15) is 4.98 Å². The topological polar surface area (TPSA) is 59.5 Å². The molecule has 4 rings (SSSR count). The Morgan fingerprint density at radius 3 is 2.52 bits per heavy atom. The van der Waals surface area contributed by atoms with Crippen molar-refractivity contribution in [2.45, 2.75) is 31.6 Å². The molecule has 1 spiro atoms. The fourth-order valence-corrected chi connectivity index (χ4v) is 3.48. The normalized spacial score (nSPS) is 20.6. The van der Waals surface area contributed by atoms with Crippen LogP contribution >= 0.6 is 0 Å². The maximum absolute atomic E-state index is 5.80. The molecule has 2 saturated heterocycles. The van der Waals surface area contributed by atoms with E-state index in [1.807, 2.05) is 30.5 Å². The van der Waals surface area contributed by atoms with Gasteiger partial charge in [0.05, 0.1) is 19.3 Å². The van der Waals surface area contributed by atoms with Crippen LogP contribution in [0, 0.1) is 0 Å². The van der Waals surface area contributed by atoms with Crippen LogP contribution in [0.25, 0.3) is 0 Å². The van der Waals surface area contributed by atoms with Crippen molar-refractivity contribution < 1.29 is 9.47 Å². The van der Waals surface area contributed by atoms with Crippen molar-refractivity contribution in [3.05, 3.63) is 48.2 Å². The van der Waals surface area contributed by atoms with Gasteiger partial charge in [-0.25, -0.2) is 4.98 Å². The summed E-state index contributed by atoms with van der Waals surface area (Å²) < 4.78 is 11.6. The van der Waals surface area contributed by atoms with Gasteiger partial charge in [-0.1, -0.05) is 30.3 Å². The Bertz CT molecular complexity index is 694. The second kappa shape index (κ2) is 6.98. The van der Waals surface area contributed by atoms with Crippen LogP contribution in [0.3, 0.4) is 0 Å². The summed E-state index contributed by atoms with van der Waals surface area (Å²) in [7, 11) is 0. The van der Waals surface area contributed by atoms with E-state index in [0.29, 0.717) is 19.2 Å². The third-order valence-corrected chi connectivity index (χ3v) is 4.95. The average Bonchev–Trinajstić information content (AvgIpc) is 3.11. The van der Waals surface area contributed by atoms with Gasteiger partial charge in [0.1, 0.15) is 5.82 Å². The summed E-state index contributed by atoms with van der Waals surface area (Å²) in [5.74, 6) is 1.25. The predicted molar refractivity (Wildman–Crippen MR) is 96.6 cm³/mol. The Balaban J connectivity index is 1.41. The summed E-state index contributed by atoms with van der Waals surface area (Å²) >= 11 is 0. The van der Waals surface area contributed by atoms with Crippen LogP contribution in [0.1, 0.15) is 31.4 Å². The second-order valence-corrected chi connectivity index (χ2v) is 6.61. The molecular formula is C19H24N4O2. The Morgan fingerprint density at radius 1 is 1.08 bits per heavy atom. The molecular weight excluding hydrogens is 316 g/mol. The molecule has 0 bridgehead atoms. The van der Waals surface area contributed by atoms with Crippen molar-refractivity contribution in [2.24, 2.45) is 0 Å². The minimum absolute atomic E-state index is 0.154. The number of anilines is 2. The molecule has 2 aliphatic rings. The fourth-order valence-electron chi connectivity index (χ4n) is 3.48. The van der Waals surface area contributed by atoms with Crippen LogP contribution in [-0.4, -0.2) is 42.1 Å². The SMILES string of the molecule is CC(Nc1nccc(N2CCC3(CC2)OCCO3)n1)c1ccccc1. The number of hydrogen-bond donors (Lipinski definition) is 1. The first-order valence-corrected chi connectivity index (χ1v) is 8.92. The monoisotopic (exact) mass is 340 g/mol. The van der Waals surface area contributed by atoms with Crippen LogP contribution < -0.4 is 10.2 Å². The molecule has 6 heteroatoms. The standard InChI is InChI=1S/C19H24N4O2/c1-15(16-5-3-2-4-6-16)21-18-20-10-7-17(22-18)23-11-8-19(9-12-23)24-13-14-25-19/h2-7,10,15H,8-9,11-14H2,1H3,(H,20,21,22). The Morgan fingerprint density at radius 2 is 1.80 bits per heavy atom. The summed E-state index contributed by atoms with van der Waals surface area (Å²) in [6.45, 7) is 5.29. The van der Waals surface area contributed by atoms with Gasteiger partial charge in [-0.3, -0.25) is 0 Å². The number of nitrogens with zero attached hydrogens (tertiary/aromatic N) is 3. The summed E-state index contributed by atoms with van der Waals surface area (Å²) in [5, 5.41) is 3.39. The van der Waals surface area contributed by atoms with Crippen molar-refractivity contribution in [3.63, 3.8) is 0 Å². The number of piperidine rings is 1. The van der Waals surface area contributed by atoms with Gasteiger partial charge in [0.15, 0.2) is 5.79 Å². The first kappa shape index (κ1) is 16.3. The smallest absolute Gasteiger partial charge is 0.225 e. The zero-order chi connectivity index (χ0) is 17.1. The van der Waals surface area contributed by atoms with Gasteiger partial charge in [0.2, 0.25) is 5.95 Å². The fraction of sp³-hybridized carbons (Fsp3) is 0.474. The largest absolute Gasteiger partial charge is 0.356 e. The van der Waals surface area contributed by atoms with E-state index >= 15 is 0 Å². The van der Waals surface area contributed by atoms with E-state index in [1.165, 1.54) is 5.56 Å². The van der Waals surface area contributed by atoms with Crippen molar-refractivity contribution >= 4 is 11.8 Å². The number of rotatable bonds is 4.